The lowest BCUT2D eigenvalue weighted by Gasteiger charge is -2.05. The number of nitrogens with zero attached hydrogens (tertiary/aromatic N) is 3. The fourth-order valence-corrected chi connectivity index (χ4v) is 1.80. The Morgan fingerprint density at radius 3 is 2.59 bits per heavy atom. The number of rotatable bonds is 4. The van der Waals surface area contributed by atoms with Crippen LogP contribution in [0.3, 0.4) is 0 Å². The van der Waals surface area contributed by atoms with Crippen LogP contribution in [0.4, 0.5) is 13.2 Å². The van der Waals surface area contributed by atoms with E-state index in [1.54, 1.807) is 12.1 Å². The van der Waals surface area contributed by atoms with E-state index in [9.17, 15) is 13.2 Å². The highest BCUT2D eigenvalue weighted by molar-refractivity contribution is 5.61. The van der Waals surface area contributed by atoms with E-state index in [-0.39, 0.29) is 23.0 Å². The molecule has 1 aromatic carbocycles. The van der Waals surface area contributed by atoms with Crippen LogP contribution in [0.2, 0.25) is 0 Å². The van der Waals surface area contributed by atoms with Gasteiger partial charge in [-0.25, -0.2) is 4.39 Å². The number of benzene rings is 1. The minimum absolute atomic E-state index is 0.0657. The Hall–Kier alpha value is -2.90. The molecule has 0 aliphatic heterocycles. The number of ether oxygens (including phenoxy) is 1. The molecule has 8 heteroatoms. The van der Waals surface area contributed by atoms with Crippen molar-refractivity contribution in [3.05, 3.63) is 48.5 Å². The molecule has 3 rings (SSSR count). The van der Waals surface area contributed by atoms with Crippen LogP contribution in [-0.2, 0) is 0 Å². The Morgan fingerprint density at radius 2 is 1.86 bits per heavy atom. The molecule has 2 heterocycles. The summed E-state index contributed by atoms with van der Waals surface area (Å²) in [5.41, 5.74) is 0.511. The second-order valence-corrected chi connectivity index (χ2v) is 4.18. The minimum Gasteiger partial charge on any atom is -0.435 e. The van der Waals surface area contributed by atoms with Crippen molar-refractivity contribution in [1.82, 2.24) is 15.1 Å². The van der Waals surface area contributed by atoms with Gasteiger partial charge in [-0.1, -0.05) is 5.16 Å². The lowest BCUT2D eigenvalue weighted by Crippen LogP contribution is -2.02. The smallest absolute Gasteiger partial charge is 0.387 e. The first-order chi connectivity index (χ1) is 10.6. The standard InChI is InChI=1S/C14H8F3N3O2/c15-11-2-1-9(21-14(16)17)7-10(11)12-19-13(22-20-12)8-3-5-18-6-4-8/h1-7,14H. The van der Waals surface area contributed by atoms with E-state index in [0.29, 0.717) is 5.56 Å². The van der Waals surface area contributed by atoms with E-state index in [1.807, 2.05) is 0 Å². The lowest BCUT2D eigenvalue weighted by atomic mass is 10.2. The molecule has 0 N–H and O–H groups in total. The van der Waals surface area contributed by atoms with E-state index < -0.39 is 12.4 Å². The molecule has 0 saturated carbocycles. The van der Waals surface area contributed by atoms with Crippen LogP contribution in [0.5, 0.6) is 5.75 Å². The normalized spacial score (nSPS) is 10.9. The summed E-state index contributed by atoms with van der Waals surface area (Å²) in [6, 6.07) is 6.46. The molecule has 0 radical (unpaired) electrons. The van der Waals surface area contributed by atoms with Gasteiger partial charge in [-0.05, 0) is 30.3 Å². The first-order valence-electron chi connectivity index (χ1n) is 6.12. The Balaban J connectivity index is 1.96. The van der Waals surface area contributed by atoms with Crippen molar-refractivity contribution in [3.63, 3.8) is 0 Å². The lowest BCUT2D eigenvalue weighted by molar-refractivity contribution is -0.0498. The molecule has 0 amide bonds. The maximum Gasteiger partial charge on any atom is 0.387 e. The molecule has 0 atom stereocenters. The summed E-state index contributed by atoms with van der Waals surface area (Å²) in [5, 5.41) is 3.65. The van der Waals surface area contributed by atoms with Gasteiger partial charge in [0.2, 0.25) is 5.82 Å². The van der Waals surface area contributed by atoms with Crippen molar-refractivity contribution in [1.29, 1.82) is 0 Å². The van der Waals surface area contributed by atoms with Crippen LogP contribution in [0.1, 0.15) is 0 Å². The van der Waals surface area contributed by atoms with Gasteiger partial charge in [0.05, 0.1) is 5.56 Å². The first-order valence-corrected chi connectivity index (χ1v) is 6.12. The van der Waals surface area contributed by atoms with Gasteiger partial charge in [0.1, 0.15) is 11.6 Å². The highest BCUT2D eigenvalue weighted by Crippen LogP contribution is 2.27. The third-order valence-electron chi connectivity index (χ3n) is 2.76. The number of pyridine rings is 1. The van der Waals surface area contributed by atoms with Gasteiger partial charge >= 0.3 is 6.61 Å². The van der Waals surface area contributed by atoms with Crippen LogP contribution < -0.4 is 4.74 Å². The van der Waals surface area contributed by atoms with Gasteiger partial charge < -0.3 is 9.26 Å². The summed E-state index contributed by atoms with van der Waals surface area (Å²) in [4.78, 5) is 7.89. The highest BCUT2D eigenvalue weighted by Gasteiger charge is 2.16. The fraction of sp³-hybridized carbons (Fsp3) is 0.0714. The largest absolute Gasteiger partial charge is 0.435 e. The molecule has 0 aliphatic carbocycles. The molecule has 0 unspecified atom stereocenters. The molecule has 112 valence electrons. The number of alkyl halides is 2. The molecule has 22 heavy (non-hydrogen) atoms. The van der Waals surface area contributed by atoms with E-state index in [2.05, 4.69) is 19.9 Å². The van der Waals surface area contributed by atoms with E-state index in [4.69, 9.17) is 4.52 Å². The van der Waals surface area contributed by atoms with E-state index >= 15 is 0 Å². The molecule has 0 spiro atoms. The predicted octanol–water partition coefficient (Wildman–Crippen LogP) is 3.54. The Morgan fingerprint density at radius 1 is 1.09 bits per heavy atom. The summed E-state index contributed by atoms with van der Waals surface area (Å²) >= 11 is 0. The topological polar surface area (TPSA) is 61.0 Å². The van der Waals surface area contributed by atoms with Crippen molar-refractivity contribution in [2.24, 2.45) is 0 Å². The molecule has 0 bridgehead atoms. The summed E-state index contributed by atoms with van der Waals surface area (Å²) in [7, 11) is 0. The van der Waals surface area contributed by atoms with E-state index in [0.717, 1.165) is 18.2 Å². The Bertz CT molecular complexity index is 778. The number of hydrogen-bond donors (Lipinski definition) is 0. The van der Waals surface area contributed by atoms with Crippen molar-refractivity contribution in [2.45, 2.75) is 6.61 Å². The second-order valence-electron chi connectivity index (χ2n) is 4.18. The highest BCUT2D eigenvalue weighted by atomic mass is 19.3. The Kier molecular flexibility index (Phi) is 3.73. The zero-order chi connectivity index (χ0) is 15.5. The molecule has 3 aromatic rings. The van der Waals surface area contributed by atoms with Crippen LogP contribution in [0.25, 0.3) is 22.8 Å². The Labute approximate surface area is 122 Å². The van der Waals surface area contributed by atoms with Gasteiger partial charge in [-0.3, -0.25) is 4.98 Å². The van der Waals surface area contributed by atoms with Crippen molar-refractivity contribution in [3.8, 4) is 28.6 Å². The van der Waals surface area contributed by atoms with Gasteiger partial charge in [0.15, 0.2) is 0 Å². The quantitative estimate of drug-likeness (QED) is 0.738. The zero-order valence-electron chi connectivity index (χ0n) is 10.9. The second kappa shape index (κ2) is 5.84. The monoisotopic (exact) mass is 307 g/mol. The van der Waals surface area contributed by atoms with Crippen LogP contribution >= 0.6 is 0 Å². The summed E-state index contributed by atoms with van der Waals surface area (Å²) in [6.45, 7) is -3.00. The van der Waals surface area contributed by atoms with Crippen LogP contribution in [0, 0.1) is 5.82 Å². The van der Waals surface area contributed by atoms with Crippen LogP contribution in [-0.4, -0.2) is 21.7 Å². The summed E-state index contributed by atoms with van der Waals surface area (Å²) < 4.78 is 47.5. The molecule has 0 fully saturated rings. The van der Waals surface area contributed by atoms with Gasteiger partial charge in [0, 0.05) is 18.0 Å². The SMILES string of the molecule is Fc1ccc(OC(F)F)cc1-c1noc(-c2ccncc2)n1. The first kappa shape index (κ1) is 14.1. The summed E-state index contributed by atoms with van der Waals surface area (Å²) in [6.07, 6.45) is 3.08. The third-order valence-corrected chi connectivity index (χ3v) is 2.76. The summed E-state index contributed by atoms with van der Waals surface area (Å²) in [5.74, 6) is -0.772. The van der Waals surface area contributed by atoms with E-state index in [1.165, 1.54) is 12.4 Å². The molecule has 2 aromatic heterocycles. The molecule has 0 saturated heterocycles. The number of halogens is 3. The number of aromatic nitrogens is 3. The van der Waals surface area contributed by atoms with Crippen molar-refractivity contribution in [2.75, 3.05) is 0 Å². The van der Waals surface area contributed by atoms with Crippen molar-refractivity contribution >= 4 is 0 Å². The maximum absolute atomic E-state index is 13.8. The van der Waals surface area contributed by atoms with Gasteiger partial charge in [-0.2, -0.15) is 13.8 Å². The van der Waals surface area contributed by atoms with Gasteiger partial charge in [0.25, 0.3) is 5.89 Å². The molecular formula is C14H8F3N3O2. The predicted molar refractivity (Wildman–Crippen MR) is 69.6 cm³/mol. The molecular weight excluding hydrogens is 299 g/mol. The minimum atomic E-state index is -3.00. The molecule has 0 aliphatic rings. The number of hydrogen-bond acceptors (Lipinski definition) is 5. The van der Waals surface area contributed by atoms with Crippen molar-refractivity contribution < 1.29 is 22.4 Å². The average Bonchev–Trinajstić information content (AvgIpc) is 2.99. The maximum atomic E-state index is 13.8. The average molecular weight is 307 g/mol. The fourth-order valence-electron chi connectivity index (χ4n) is 1.80. The zero-order valence-corrected chi connectivity index (χ0v) is 10.9. The third kappa shape index (κ3) is 2.90. The molecule has 5 nitrogen and oxygen atoms in total. The van der Waals surface area contributed by atoms with Gasteiger partial charge in [-0.15, -0.1) is 0 Å². The van der Waals surface area contributed by atoms with Crippen LogP contribution in [0.15, 0.2) is 47.2 Å².